The number of rotatable bonds is 3. The number of nitrogens with one attached hydrogen (secondary N) is 1. The summed E-state index contributed by atoms with van der Waals surface area (Å²) in [5.41, 5.74) is 1.25. The summed E-state index contributed by atoms with van der Waals surface area (Å²) in [5.74, 6) is 0.292. The van der Waals surface area contributed by atoms with Crippen LogP contribution in [0, 0.1) is 6.92 Å². The van der Waals surface area contributed by atoms with E-state index in [9.17, 15) is 4.79 Å². The Balaban J connectivity index is 1.81. The van der Waals surface area contributed by atoms with E-state index >= 15 is 0 Å². The molecule has 0 aromatic carbocycles. The van der Waals surface area contributed by atoms with E-state index in [2.05, 4.69) is 45.4 Å². The molecule has 1 atom stereocenters. The number of carbonyl (C=O) groups is 1. The van der Waals surface area contributed by atoms with Crippen molar-refractivity contribution in [2.75, 3.05) is 59.4 Å². The molecule has 1 aromatic heterocycles. The van der Waals surface area contributed by atoms with Crippen LogP contribution in [0.1, 0.15) is 16.5 Å². The first-order chi connectivity index (χ1) is 10.7. The van der Waals surface area contributed by atoms with E-state index in [4.69, 9.17) is 0 Å². The van der Waals surface area contributed by atoms with Crippen LogP contribution in [0.5, 0.6) is 0 Å². The zero-order valence-corrected chi connectivity index (χ0v) is 14.4. The average molecular weight is 322 g/mol. The molecule has 6 heteroatoms. The van der Waals surface area contributed by atoms with Crippen molar-refractivity contribution < 1.29 is 4.79 Å². The van der Waals surface area contributed by atoms with Crippen LogP contribution in [-0.4, -0.2) is 80.0 Å². The summed E-state index contributed by atoms with van der Waals surface area (Å²) in [6.45, 7) is 9.60. The lowest BCUT2D eigenvalue weighted by molar-refractivity contribution is -0.139. The predicted molar refractivity (Wildman–Crippen MR) is 90.3 cm³/mol. The number of amides is 1. The molecule has 122 valence electrons. The van der Waals surface area contributed by atoms with Gasteiger partial charge in [0.05, 0.1) is 0 Å². The van der Waals surface area contributed by atoms with E-state index in [1.165, 1.54) is 10.4 Å². The molecule has 1 N–H and O–H groups in total. The molecular formula is C16H26N4OS. The molecule has 22 heavy (non-hydrogen) atoms. The summed E-state index contributed by atoms with van der Waals surface area (Å²) in [6, 6.07) is 2.04. The van der Waals surface area contributed by atoms with Crippen LogP contribution in [0.4, 0.5) is 0 Å². The maximum absolute atomic E-state index is 13.2. The zero-order valence-electron chi connectivity index (χ0n) is 13.5. The summed E-state index contributed by atoms with van der Waals surface area (Å²) in [6.07, 6.45) is 0. The lowest BCUT2D eigenvalue weighted by Gasteiger charge is -2.39. The number of carbonyl (C=O) groups excluding carboxylic acids is 1. The predicted octanol–water partition coefficient (Wildman–Crippen LogP) is 0.777. The van der Waals surface area contributed by atoms with Gasteiger partial charge in [-0.15, -0.1) is 11.3 Å². The monoisotopic (exact) mass is 322 g/mol. The molecule has 2 fully saturated rings. The number of nitrogens with zero attached hydrogens (tertiary/aromatic N) is 3. The maximum Gasteiger partial charge on any atom is 0.245 e. The Hall–Kier alpha value is -0.950. The number of piperazine rings is 2. The Bertz CT molecular complexity index is 504. The molecule has 3 heterocycles. The molecule has 1 amide bonds. The highest BCUT2D eigenvalue weighted by molar-refractivity contribution is 7.10. The highest BCUT2D eigenvalue weighted by atomic mass is 32.1. The molecule has 1 aromatic rings. The number of thiophene rings is 1. The highest BCUT2D eigenvalue weighted by Gasteiger charge is 2.34. The van der Waals surface area contributed by atoms with Gasteiger partial charge in [-0.1, -0.05) is 0 Å². The number of likely N-dealkylation sites (N-methyl/N-ethyl adjacent to an activating group) is 1. The molecule has 3 rings (SSSR count). The second kappa shape index (κ2) is 7.08. The molecule has 0 aliphatic carbocycles. The Morgan fingerprint density at radius 1 is 1.18 bits per heavy atom. The number of aryl methyl sites for hydroxylation is 1. The molecule has 0 spiro atoms. The van der Waals surface area contributed by atoms with Crippen molar-refractivity contribution >= 4 is 17.2 Å². The molecule has 2 aliphatic heterocycles. The quantitative estimate of drug-likeness (QED) is 0.892. The van der Waals surface area contributed by atoms with E-state index in [1.54, 1.807) is 11.3 Å². The van der Waals surface area contributed by atoms with Crippen molar-refractivity contribution in [1.82, 2.24) is 20.0 Å². The van der Waals surface area contributed by atoms with Crippen LogP contribution in [0.2, 0.25) is 0 Å². The SMILES string of the molecule is Cc1ccsc1C(C(=O)N1CCN(C)CC1)N1CCNCC1. The van der Waals surface area contributed by atoms with Gasteiger partial charge in [0.1, 0.15) is 6.04 Å². The van der Waals surface area contributed by atoms with E-state index in [0.717, 1.165) is 52.4 Å². The van der Waals surface area contributed by atoms with Crippen LogP contribution >= 0.6 is 11.3 Å². The van der Waals surface area contributed by atoms with E-state index in [-0.39, 0.29) is 6.04 Å². The van der Waals surface area contributed by atoms with Gasteiger partial charge in [-0.05, 0) is 31.0 Å². The molecular weight excluding hydrogens is 296 g/mol. The molecule has 0 bridgehead atoms. The molecule has 2 saturated heterocycles. The van der Waals surface area contributed by atoms with Crippen LogP contribution in [0.15, 0.2) is 11.4 Å². The van der Waals surface area contributed by atoms with Crippen molar-refractivity contribution in [3.8, 4) is 0 Å². The first-order valence-electron chi connectivity index (χ1n) is 8.13. The first kappa shape index (κ1) is 15.9. The summed E-state index contributed by atoms with van der Waals surface area (Å²) in [4.78, 5) is 21.1. The third kappa shape index (κ3) is 3.35. The minimum absolute atomic E-state index is 0.0921. The van der Waals surface area contributed by atoms with Gasteiger partial charge in [-0.3, -0.25) is 9.69 Å². The molecule has 1 unspecified atom stereocenters. The van der Waals surface area contributed by atoms with Gasteiger partial charge in [0.15, 0.2) is 0 Å². The standard InChI is InChI=1S/C16H26N4OS/c1-13-3-12-22-15(13)14(19-6-4-17-5-7-19)16(21)20-10-8-18(2)9-11-20/h3,12,14,17H,4-11H2,1-2H3. The second-order valence-electron chi connectivity index (χ2n) is 6.28. The summed E-state index contributed by atoms with van der Waals surface area (Å²) in [7, 11) is 2.12. The van der Waals surface area contributed by atoms with Gasteiger partial charge in [0, 0.05) is 57.2 Å². The zero-order chi connectivity index (χ0) is 15.5. The second-order valence-corrected chi connectivity index (χ2v) is 7.23. The van der Waals surface area contributed by atoms with Crippen LogP contribution < -0.4 is 5.32 Å². The number of hydrogen-bond acceptors (Lipinski definition) is 5. The van der Waals surface area contributed by atoms with Gasteiger partial charge in [-0.2, -0.15) is 0 Å². The van der Waals surface area contributed by atoms with Gasteiger partial charge in [-0.25, -0.2) is 0 Å². The summed E-state index contributed by atoms with van der Waals surface area (Å²) in [5, 5.41) is 5.49. The topological polar surface area (TPSA) is 38.8 Å². The van der Waals surface area contributed by atoms with Gasteiger partial charge in [0.25, 0.3) is 0 Å². The van der Waals surface area contributed by atoms with Crippen molar-refractivity contribution in [2.24, 2.45) is 0 Å². The third-order valence-corrected chi connectivity index (χ3v) is 5.79. The third-order valence-electron chi connectivity index (χ3n) is 4.72. The smallest absolute Gasteiger partial charge is 0.245 e. The lowest BCUT2D eigenvalue weighted by Crippen LogP contribution is -2.53. The van der Waals surface area contributed by atoms with Crippen LogP contribution in [0.3, 0.4) is 0 Å². The highest BCUT2D eigenvalue weighted by Crippen LogP contribution is 2.31. The largest absolute Gasteiger partial charge is 0.338 e. The normalized spacial score (nSPS) is 22.7. The van der Waals surface area contributed by atoms with Crippen molar-refractivity contribution in [3.63, 3.8) is 0 Å². The van der Waals surface area contributed by atoms with Gasteiger partial charge >= 0.3 is 0 Å². The summed E-state index contributed by atoms with van der Waals surface area (Å²) >= 11 is 1.72. The fourth-order valence-electron chi connectivity index (χ4n) is 3.24. The Kier molecular flexibility index (Phi) is 5.13. The van der Waals surface area contributed by atoms with Crippen LogP contribution in [-0.2, 0) is 4.79 Å². The van der Waals surface area contributed by atoms with Crippen molar-refractivity contribution in [3.05, 3.63) is 21.9 Å². The average Bonchev–Trinajstić information content (AvgIpc) is 2.95. The Labute approximate surface area is 136 Å². The maximum atomic E-state index is 13.2. The fourth-order valence-corrected chi connectivity index (χ4v) is 4.29. The summed E-state index contributed by atoms with van der Waals surface area (Å²) < 4.78 is 0. The minimum atomic E-state index is -0.0921. The van der Waals surface area contributed by atoms with Gasteiger partial charge < -0.3 is 15.1 Å². The van der Waals surface area contributed by atoms with Crippen molar-refractivity contribution in [2.45, 2.75) is 13.0 Å². The molecule has 2 aliphatic rings. The fraction of sp³-hybridized carbons (Fsp3) is 0.688. The first-order valence-corrected chi connectivity index (χ1v) is 9.01. The molecule has 0 radical (unpaired) electrons. The van der Waals surface area contributed by atoms with E-state index < -0.39 is 0 Å². The van der Waals surface area contributed by atoms with E-state index in [1.807, 2.05) is 0 Å². The Morgan fingerprint density at radius 2 is 1.86 bits per heavy atom. The number of hydrogen-bond donors (Lipinski definition) is 1. The van der Waals surface area contributed by atoms with Gasteiger partial charge in [0.2, 0.25) is 5.91 Å². The lowest BCUT2D eigenvalue weighted by atomic mass is 10.1. The molecule has 0 saturated carbocycles. The van der Waals surface area contributed by atoms with E-state index in [0.29, 0.717) is 5.91 Å². The minimum Gasteiger partial charge on any atom is -0.338 e. The Morgan fingerprint density at radius 3 is 2.45 bits per heavy atom. The molecule has 5 nitrogen and oxygen atoms in total. The van der Waals surface area contributed by atoms with Crippen molar-refractivity contribution in [1.29, 1.82) is 0 Å². The van der Waals surface area contributed by atoms with Crippen LogP contribution in [0.25, 0.3) is 0 Å².